The molecule has 8 aromatic carbocycles. The lowest BCUT2D eigenvalue weighted by Crippen LogP contribution is -2.11. The molecule has 0 atom stereocenters. The minimum absolute atomic E-state index is 0.611. The third kappa shape index (κ3) is 4.88. The van der Waals surface area contributed by atoms with Gasteiger partial charge in [0.2, 0.25) is 5.89 Å². The molecule has 0 fully saturated rings. The molecule has 0 aliphatic rings. The van der Waals surface area contributed by atoms with Crippen molar-refractivity contribution in [3.05, 3.63) is 188 Å². The number of rotatable bonds is 6. The first-order chi connectivity index (χ1) is 25.3. The monoisotopic (exact) mass is 653 g/mol. The van der Waals surface area contributed by atoms with Crippen molar-refractivity contribution < 1.29 is 4.42 Å². The lowest BCUT2D eigenvalue weighted by Gasteiger charge is -2.28. The highest BCUT2D eigenvalue weighted by molar-refractivity contribution is 6.09. The molecular formula is C47H31N3O. The molecule has 0 unspecified atom stereocenters. The summed E-state index contributed by atoms with van der Waals surface area (Å²) in [6, 6.07) is 66.3. The van der Waals surface area contributed by atoms with Crippen molar-refractivity contribution in [3.63, 3.8) is 0 Å². The van der Waals surface area contributed by atoms with E-state index in [1.165, 1.54) is 21.8 Å². The molecule has 0 radical (unpaired) electrons. The summed E-state index contributed by atoms with van der Waals surface area (Å²) in [5.74, 6) is 0.611. The fourth-order valence-corrected chi connectivity index (χ4v) is 7.45. The van der Waals surface area contributed by atoms with Crippen LogP contribution in [0, 0.1) is 0 Å². The van der Waals surface area contributed by atoms with Crippen LogP contribution in [0.1, 0.15) is 0 Å². The number of hydrogen-bond donors (Lipinski definition) is 0. The van der Waals surface area contributed by atoms with Crippen molar-refractivity contribution >= 4 is 60.7 Å². The van der Waals surface area contributed by atoms with Crippen LogP contribution in [0.3, 0.4) is 0 Å². The largest absolute Gasteiger partial charge is 0.436 e. The SMILES string of the molecule is c1ccc(-c2ccccc2N(c2ccc(-c3nc4c(ccc5ccccc54)o3)cc2)c2ccc(-n3c4ccccc4c4ccccc43)cc2)cc1. The summed E-state index contributed by atoms with van der Waals surface area (Å²) >= 11 is 0. The van der Waals surface area contributed by atoms with Gasteiger partial charge in [0.25, 0.3) is 0 Å². The quantitative estimate of drug-likeness (QED) is 0.179. The first kappa shape index (κ1) is 29.0. The third-order valence-electron chi connectivity index (χ3n) is 9.83. The van der Waals surface area contributed by atoms with Crippen LogP contribution in [0.5, 0.6) is 0 Å². The predicted octanol–water partition coefficient (Wildman–Crippen LogP) is 12.9. The van der Waals surface area contributed by atoms with Crippen molar-refractivity contribution in [2.75, 3.05) is 4.90 Å². The summed E-state index contributed by atoms with van der Waals surface area (Å²) in [6.07, 6.45) is 0. The molecule has 0 N–H and O–H groups in total. The zero-order chi connectivity index (χ0) is 33.7. The number of para-hydroxylation sites is 3. The maximum absolute atomic E-state index is 6.29. The summed E-state index contributed by atoms with van der Waals surface area (Å²) in [7, 11) is 0. The van der Waals surface area contributed by atoms with E-state index in [1.54, 1.807) is 0 Å². The summed E-state index contributed by atoms with van der Waals surface area (Å²) in [5, 5.41) is 4.75. The number of oxazole rings is 1. The smallest absolute Gasteiger partial charge is 0.227 e. The molecule has 2 aromatic heterocycles. The molecule has 0 spiro atoms. The molecule has 4 heteroatoms. The molecule has 51 heavy (non-hydrogen) atoms. The van der Waals surface area contributed by atoms with E-state index < -0.39 is 0 Å². The molecule has 240 valence electrons. The highest BCUT2D eigenvalue weighted by Gasteiger charge is 2.19. The lowest BCUT2D eigenvalue weighted by molar-refractivity contribution is 0.620. The Bertz CT molecular complexity index is 2800. The molecule has 2 heterocycles. The van der Waals surface area contributed by atoms with Gasteiger partial charge in [0.05, 0.1) is 16.7 Å². The van der Waals surface area contributed by atoms with Crippen LogP contribution < -0.4 is 4.90 Å². The van der Waals surface area contributed by atoms with Crippen molar-refractivity contribution in [1.82, 2.24) is 9.55 Å². The maximum Gasteiger partial charge on any atom is 0.227 e. The topological polar surface area (TPSA) is 34.2 Å². The minimum Gasteiger partial charge on any atom is -0.436 e. The Hall–Kier alpha value is -6.91. The Morgan fingerprint density at radius 3 is 1.76 bits per heavy atom. The van der Waals surface area contributed by atoms with Gasteiger partial charge in [-0.1, -0.05) is 115 Å². The highest BCUT2D eigenvalue weighted by atomic mass is 16.3. The van der Waals surface area contributed by atoms with Crippen molar-refractivity contribution in [2.24, 2.45) is 0 Å². The van der Waals surface area contributed by atoms with Crippen LogP contribution in [0.15, 0.2) is 192 Å². The first-order valence-electron chi connectivity index (χ1n) is 17.2. The molecule has 0 saturated heterocycles. The van der Waals surface area contributed by atoms with Crippen LogP contribution in [0.2, 0.25) is 0 Å². The Kier molecular flexibility index (Phi) is 6.78. The van der Waals surface area contributed by atoms with Gasteiger partial charge in [-0.3, -0.25) is 0 Å². The van der Waals surface area contributed by atoms with Gasteiger partial charge < -0.3 is 13.9 Å². The Labute approximate surface area is 295 Å². The summed E-state index contributed by atoms with van der Waals surface area (Å²) in [6.45, 7) is 0. The molecule has 0 amide bonds. The number of nitrogens with zero attached hydrogens (tertiary/aromatic N) is 3. The van der Waals surface area contributed by atoms with Crippen LogP contribution in [0.25, 0.3) is 71.9 Å². The normalized spacial score (nSPS) is 11.5. The van der Waals surface area contributed by atoms with Crippen molar-refractivity contribution in [2.45, 2.75) is 0 Å². The van der Waals surface area contributed by atoms with Gasteiger partial charge in [-0.15, -0.1) is 0 Å². The number of benzene rings is 8. The fourth-order valence-electron chi connectivity index (χ4n) is 7.45. The average Bonchev–Trinajstić information content (AvgIpc) is 3.80. The second kappa shape index (κ2) is 11.9. The zero-order valence-corrected chi connectivity index (χ0v) is 27.6. The number of anilines is 3. The van der Waals surface area contributed by atoms with Gasteiger partial charge in [0, 0.05) is 44.3 Å². The van der Waals surface area contributed by atoms with E-state index in [1.807, 2.05) is 18.2 Å². The predicted molar refractivity (Wildman–Crippen MR) is 211 cm³/mol. The van der Waals surface area contributed by atoms with Gasteiger partial charge in [-0.2, -0.15) is 0 Å². The van der Waals surface area contributed by atoms with E-state index in [4.69, 9.17) is 9.40 Å². The van der Waals surface area contributed by atoms with Crippen LogP contribution in [0.4, 0.5) is 17.1 Å². The van der Waals surface area contributed by atoms with Gasteiger partial charge in [-0.25, -0.2) is 4.98 Å². The molecule has 0 aliphatic carbocycles. The standard InChI is InChI=1S/C47H31N3O/c1-2-12-32(13-3-1)38-15-6-9-19-42(38)49(35-25-22-34(23-26-35)47-48-46-39-16-5-4-14-33(39)24-31-45(46)51-47)36-27-29-37(30-28-36)50-43-20-10-7-17-40(43)41-18-8-11-21-44(41)50/h1-31H. The van der Waals surface area contributed by atoms with E-state index in [-0.39, 0.29) is 0 Å². The van der Waals surface area contributed by atoms with Crippen molar-refractivity contribution in [1.29, 1.82) is 0 Å². The van der Waals surface area contributed by atoms with Gasteiger partial charge in [-0.05, 0) is 83.7 Å². The van der Waals surface area contributed by atoms with Gasteiger partial charge >= 0.3 is 0 Å². The van der Waals surface area contributed by atoms with E-state index in [0.29, 0.717) is 5.89 Å². The Morgan fingerprint density at radius 1 is 0.451 bits per heavy atom. The van der Waals surface area contributed by atoms with Crippen LogP contribution in [-0.2, 0) is 0 Å². The number of aromatic nitrogens is 2. The molecular weight excluding hydrogens is 623 g/mol. The van der Waals surface area contributed by atoms with E-state index in [2.05, 4.69) is 179 Å². The van der Waals surface area contributed by atoms with E-state index >= 15 is 0 Å². The number of fused-ring (bicyclic) bond motifs is 6. The first-order valence-corrected chi connectivity index (χ1v) is 17.2. The third-order valence-corrected chi connectivity index (χ3v) is 9.83. The molecule has 4 nitrogen and oxygen atoms in total. The van der Waals surface area contributed by atoms with Crippen molar-refractivity contribution in [3.8, 4) is 28.3 Å². The Morgan fingerprint density at radius 2 is 1.04 bits per heavy atom. The second-order valence-electron chi connectivity index (χ2n) is 12.8. The van der Waals surface area contributed by atoms with E-state index in [9.17, 15) is 0 Å². The molecule has 0 aliphatic heterocycles. The minimum atomic E-state index is 0.611. The van der Waals surface area contributed by atoms with Crippen LogP contribution >= 0.6 is 0 Å². The summed E-state index contributed by atoms with van der Waals surface area (Å²) < 4.78 is 8.65. The summed E-state index contributed by atoms with van der Waals surface area (Å²) in [5.41, 5.74) is 11.6. The summed E-state index contributed by atoms with van der Waals surface area (Å²) in [4.78, 5) is 7.29. The van der Waals surface area contributed by atoms with Crippen LogP contribution in [-0.4, -0.2) is 9.55 Å². The zero-order valence-electron chi connectivity index (χ0n) is 27.6. The second-order valence-corrected chi connectivity index (χ2v) is 12.8. The molecule has 10 aromatic rings. The molecule has 10 rings (SSSR count). The Balaban J connectivity index is 1.10. The number of hydrogen-bond acceptors (Lipinski definition) is 3. The molecule has 0 bridgehead atoms. The molecule has 0 saturated carbocycles. The average molecular weight is 654 g/mol. The lowest BCUT2D eigenvalue weighted by atomic mass is 10.0. The fraction of sp³-hybridized carbons (Fsp3) is 0. The van der Waals surface area contributed by atoms with E-state index in [0.717, 1.165) is 61.3 Å². The van der Waals surface area contributed by atoms with Gasteiger partial charge in [0.1, 0.15) is 5.52 Å². The van der Waals surface area contributed by atoms with Gasteiger partial charge in [0.15, 0.2) is 5.58 Å². The highest BCUT2D eigenvalue weighted by Crippen LogP contribution is 2.42. The maximum atomic E-state index is 6.29.